The molecule has 0 aromatic heterocycles. The number of hydrazone groups is 2. The van der Waals surface area contributed by atoms with Crippen LogP contribution in [0, 0.1) is 20.8 Å². The predicted molar refractivity (Wildman–Crippen MR) is 143 cm³/mol. The van der Waals surface area contributed by atoms with Crippen molar-refractivity contribution in [2.45, 2.75) is 25.7 Å². The van der Waals surface area contributed by atoms with Gasteiger partial charge in [-0.2, -0.15) is 10.2 Å². The topological polar surface area (TPSA) is 269 Å². The number of hydrogen-bond acceptors (Lipinski definition) is 18. The summed E-state index contributed by atoms with van der Waals surface area (Å²) in [5.74, 6) is -0.930. The van der Waals surface area contributed by atoms with Crippen LogP contribution in [0.4, 0.5) is 34.1 Å². The van der Waals surface area contributed by atoms with Crippen molar-refractivity contribution in [3.63, 3.8) is 0 Å². The normalized spacial score (nSPS) is 17.6. The van der Waals surface area contributed by atoms with Crippen molar-refractivity contribution in [3.8, 4) is 0 Å². The van der Waals surface area contributed by atoms with E-state index in [1.807, 2.05) is 0 Å². The molecular weight excluding hydrogens is 544 g/mol. The summed E-state index contributed by atoms with van der Waals surface area (Å²) >= 11 is 0. The lowest BCUT2D eigenvalue weighted by Gasteiger charge is -2.37. The van der Waals surface area contributed by atoms with Crippen LogP contribution >= 0.6 is 0 Å². The molecule has 1 fully saturated rings. The smallest absolute Gasteiger partial charge is 0.161 e. The summed E-state index contributed by atoms with van der Waals surface area (Å²) in [4.78, 5) is 0. The maximum absolute atomic E-state index is 12.9. The second-order valence-corrected chi connectivity index (χ2v) is 10.4. The van der Waals surface area contributed by atoms with Crippen LogP contribution in [0.2, 0.25) is 0 Å². The molecule has 3 rings (SSSR count). The van der Waals surface area contributed by atoms with E-state index < -0.39 is 43.2 Å². The molecule has 18 nitrogen and oxygen atoms in total. The lowest BCUT2D eigenvalue weighted by Crippen LogP contribution is -2.24. The van der Waals surface area contributed by atoms with Crippen LogP contribution in [0.1, 0.15) is 25.7 Å². The zero-order valence-electron chi connectivity index (χ0n) is 20.0. The molecule has 0 amide bonds. The summed E-state index contributed by atoms with van der Waals surface area (Å²) in [6.07, 6.45) is 1.57. The Hall–Kier alpha value is -3.79. The van der Waals surface area contributed by atoms with Gasteiger partial charge in [-0.1, -0.05) is 0 Å². The SMILES string of the molecule is O=S1(=O)C/C(=N/Nc2ccc(N([O-])[O-])cc2N(O)O)CCCC/C(=N\Nc2ccc(N([O-])[O-])cc2N(O)O)C1. The van der Waals surface area contributed by atoms with Gasteiger partial charge < -0.3 is 31.3 Å². The molecule has 0 saturated carbocycles. The number of benzene rings is 2. The highest BCUT2D eigenvalue weighted by molar-refractivity contribution is 7.92. The van der Waals surface area contributed by atoms with E-state index in [2.05, 4.69) is 21.1 Å². The third-order valence-electron chi connectivity index (χ3n) is 5.44. The molecule has 2 aromatic rings. The molecule has 1 heterocycles. The van der Waals surface area contributed by atoms with E-state index in [1.54, 1.807) is 0 Å². The number of hydrogen-bond donors (Lipinski definition) is 6. The van der Waals surface area contributed by atoms with E-state index in [9.17, 15) is 50.1 Å². The number of nitrogens with zero attached hydrogens (tertiary/aromatic N) is 6. The number of rotatable bonds is 8. The van der Waals surface area contributed by atoms with Crippen molar-refractivity contribution in [1.82, 2.24) is 0 Å². The van der Waals surface area contributed by atoms with Gasteiger partial charge in [0.05, 0.1) is 34.3 Å². The Morgan fingerprint density at radius 2 is 1.08 bits per heavy atom. The lowest BCUT2D eigenvalue weighted by atomic mass is 10.1. The van der Waals surface area contributed by atoms with Crippen LogP contribution in [0.25, 0.3) is 0 Å². The fourth-order valence-electron chi connectivity index (χ4n) is 3.60. The van der Waals surface area contributed by atoms with Gasteiger partial charge in [-0.25, -0.2) is 8.42 Å². The molecule has 214 valence electrons. The van der Waals surface area contributed by atoms with Crippen molar-refractivity contribution in [2.75, 3.05) is 43.3 Å². The Morgan fingerprint density at radius 1 is 0.692 bits per heavy atom. The monoisotopic (exact) mass is 568 g/mol. The van der Waals surface area contributed by atoms with E-state index in [0.717, 1.165) is 24.3 Å². The van der Waals surface area contributed by atoms with Gasteiger partial charge in [0.1, 0.15) is 11.4 Å². The molecule has 0 aliphatic carbocycles. The van der Waals surface area contributed by atoms with E-state index in [0.29, 0.717) is 12.8 Å². The standard InChI is InChI=1S/C20H24N8O10S/c29-25(30)15-5-7-17(19(9-15)27(33)34)23-21-13-3-1-2-4-14(12-39(37,38)11-13)22-24-18-8-6-16(26(31)32)10-20(18)28(35)36/h5-10,23-24,33-36H,1-4,11-12H2/q-4/b21-13+,22-14+. The van der Waals surface area contributed by atoms with Crippen molar-refractivity contribution in [1.29, 1.82) is 0 Å². The van der Waals surface area contributed by atoms with Crippen LogP contribution in [0.5, 0.6) is 0 Å². The van der Waals surface area contributed by atoms with Crippen LogP contribution in [-0.4, -0.2) is 52.2 Å². The fraction of sp³-hybridized carbons (Fsp3) is 0.300. The first-order valence-electron chi connectivity index (χ1n) is 11.1. The Morgan fingerprint density at radius 3 is 1.41 bits per heavy atom. The van der Waals surface area contributed by atoms with Crippen LogP contribution in [0.15, 0.2) is 46.6 Å². The molecule has 1 aliphatic heterocycles. The average Bonchev–Trinajstić information content (AvgIpc) is 2.93. The first kappa shape index (κ1) is 29.8. The molecule has 1 saturated heterocycles. The zero-order chi connectivity index (χ0) is 28.7. The minimum atomic E-state index is -3.80. The van der Waals surface area contributed by atoms with Crippen molar-refractivity contribution in [2.24, 2.45) is 10.2 Å². The van der Waals surface area contributed by atoms with Crippen LogP contribution < -0.4 is 31.8 Å². The molecule has 0 radical (unpaired) electrons. The summed E-state index contributed by atoms with van der Waals surface area (Å²) < 4.78 is 25.7. The van der Waals surface area contributed by atoms with Gasteiger partial charge in [-0.15, -0.1) is 10.5 Å². The van der Waals surface area contributed by atoms with Gasteiger partial charge in [0.25, 0.3) is 0 Å². The quantitative estimate of drug-likeness (QED) is 0.250. The predicted octanol–water partition coefficient (Wildman–Crippen LogP) is 2.68. The Labute approximate surface area is 221 Å². The molecule has 19 heteroatoms. The maximum Gasteiger partial charge on any atom is 0.161 e. The van der Waals surface area contributed by atoms with E-state index in [1.165, 1.54) is 12.1 Å². The highest BCUT2D eigenvalue weighted by Gasteiger charge is 2.21. The van der Waals surface area contributed by atoms with Gasteiger partial charge in [0.2, 0.25) is 0 Å². The summed E-state index contributed by atoms with van der Waals surface area (Å²) in [5.41, 5.74) is 3.87. The van der Waals surface area contributed by atoms with Crippen molar-refractivity contribution >= 4 is 55.4 Å². The summed E-state index contributed by atoms with van der Waals surface area (Å²) in [7, 11) is -3.80. The fourth-order valence-corrected chi connectivity index (χ4v) is 5.14. The molecule has 0 atom stereocenters. The number of sulfone groups is 1. The molecule has 0 unspecified atom stereocenters. The molecule has 2 aromatic carbocycles. The minimum absolute atomic E-state index is 0.0254. The molecule has 0 spiro atoms. The van der Waals surface area contributed by atoms with Gasteiger partial charge >= 0.3 is 0 Å². The third kappa shape index (κ3) is 8.35. The lowest BCUT2D eigenvalue weighted by molar-refractivity contribution is 0.0289. The Bertz CT molecular complexity index is 1220. The zero-order valence-corrected chi connectivity index (χ0v) is 20.9. The molecule has 39 heavy (non-hydrogen) atoms. The second-order valence-electron chi connectivity index (χ2n) is 8.32. The van der Waals surface area contributed by atoms with Crippen molar-refractivity contribution < 1.29 is 29.2 Å². The number of anilines is 6. The summed E-state index contributed by atoms with van der Waals surface area (Å²) in [6, 6.07) is 6.36. The maximum atomic E-state index is 12.9. The number of nitrogens with one attached hydrogen (secondary N) is 2. The third-order valence-corrected chi connectivity index (χ3v) is 6.98. The molecule has 1 aliphatic rings. The summed E-state index contributed by atoms with van der Waals surface area (Å²) in [6.45, 7) is 0. The minimum Gasteiger partial charge on any atom is -0.769 e. The van der Waals surface area contributed by atoms with Gasteiger partial charge in [-0.05, 0) is 62.1 Å². The second kappa shape index (κ2) is 12.8. The first-order chi connectivity index (χ1) is 18.4. The highest BCUT2D eigenvalue weighted by atomic mass is 32.2. The van der Waals surface area contributed by atoms with E-state index in [-0.39, 0.29) is 57.5 Å². The van der Waals surface area contributed by atoms with Gasteiger partial charge in [-0.3, -0.25) is 31.7 Å². The highest BCUT2D eigenvalue weighted by Crippen LogP contribution is 2.30. The largest absolute Gasteiger partial charge is 0.769 e. The Kier molecular flexibility index (Phi) is 9.80. The van der Waals surface area contributed by atoms with Crippen LogP contribution in [-0.2, 0) is 9.84 Å². The molecule has 0 bridgehead atoms. The Balaban J connectivity index is 1.77. The molecule has 6 N–H and O–H groups in total. The van der Waals surface area contributed by atoms with E-state index in [4.69, 9.17) is 0 Å². The van der Waals surface area contributed by atoms with Crippen LogP contribution in [0.3, 0.4) is 0 Å². The average molecular weight is 569 g/mol. The van der Waals surface area contributed by atoms with Gasteiger partial charge in [0.15, 0.2) is 9.84 Å². The van der Waals surface area contributed by atoms with Crippen molar-refractivity contribution in [3.05, 3.63) is 57.2 Å². The first-order valence-corrected chi connectivity index (χ1v) is 12.9. The summed E-state index contributed by atoms with van der Waals surface area (Å²) in [5, 5.41) is 87.5. The van der Waals surface area contributed by atoms with E-state index >= 15 is 0 Å². The van der Waals surface area contributed by atoms with Gasteiger partial charge in [0, 0.05) is 11.4 Å². The molecular formula is C20H24N8O10S-4.